The highest BCUT2D eigenvalue weighted by Gasteiger charge is 2.43. The van der Waals surface area contributed by atoms with E-state index in [1.165, 1.54) is 0 Å². The molecule has 0 unspecified atom stereocenters. The molecule has 10 heavy (non-hydrogen) atoms. The molecule has 4 heteroatoms. The Morgan fingerprint density at radius 3 is 2.60 bits per heavy atom. The van der Waals surface area contributed by atoms with E-state index in [1.54, 1.807) is 0 Å². The molecule has 0 heterocycles. The van der Waals surface area contributed by atoms with Gasteiger partial charge in [-0.1, -0.05) is 0 Å². The second kappa shape index (κ2) is 2.38. The molecule has 1 aliphatic rings. The smallest absolute Gasteiger partial charge is 0.284 e. The van der Waals surface area contributed by atoms with Gasteiger partial charge in [-0.25, -0.2) is 0 Å². The van der Waals surface area contributed by atoms with Gasteiger partial charge in [0.15, 0.2) is 0 Å². The third kappa shape index (κ3) is 1.33. The second-order valence-corrected chi connectivity index (χ2v) is 2.55. The van der Waals surface area contributed by atoms with Gasteiger partial charge in [0.25, 0.3) is 5.91 Å². The predicted octanol–water partition coefficient (Wildman–Crippen LogP) is -1.17. The molecule has 0 spiro atoms. The Morgan fingerprint density at radius 2 is 2.30 bits per heavy atom. The summed E-state index contributed by atoms with van der Waals surface area (Å²) in [5, 5.41) is 11.1. The van der Waals surface area contributed by atoms with E-state index < -0.39 is 11.4 Å². The lowest BCUT2D eigenvalue weighted by Gasteiger charge is -2.10. The number of nitrogens with one attached hydrogen (secondary N) is 1. The number of aliphatic hydroxyl groups is 1. The van der Waals surface area contributed by atoms with Crippen molar-refractivity contribution in [2.75, 3.05) is 6.61 Å². The summed E-state index contributed by atoms with van der Waals surface area (Å²) in [7, 11) is 0. The molecule has 4 nitrogen and oxygen atoms in total. The summed E-state index contributed by atoms with van der Waals surface area (Å²) in [5.74, 6) is -0.647. The highest BCUT2D eigenvalue weighted by molar-refractivity contribution is 6.23. The Hall–Kier alpha value is -0.900. The molecule has 2 N–H and O–H groups in total. The summed E-state index contributed by atoms with van der Waals surface area (Å²) in [6.07, 6.45) is 1.75. The third-order valence-electron chi connectivity index (χ3n) is 1.65. The standard InChI is InChI=1S/C6H9NO3/c8-3-5(10)7-6(4-9)1-2-6/h3,9H,1-2,4H2,(H,7,10). The lowest BCUT2D eigenvalue weighted by Crippen LogP contribution is -2.40. The maximum Gasteiger partial charge on any atom is 0.284 e. The van der Waals surface area contributed by atoms with Gasteiger partial charge in [-0.05, 0) is 12.8 Å². The SMILES string of the molecule is O=CC(=O)NC1(CO)CC1. The van der Waals surface area contributed by atoms with Crippen molar-refractivity contribution in [1.82, 2.24) is 5.32 Å². The average molecular weight is 143 g/mol. The van der Waals surface area contributed by atoms with Crippen LogP contribution in [0.5, 0.6) is 0 Å². The van der Waals surface area contributed by atoms with Crippen LogP contribution in [0.25, 0.3) is 0 Å². The molecule has 0 atom stereocenters. The van der Waals surface area contributed by atoms with Crippen molar-refractivity contribution >= 4 is 12.2 Å². The van der Waals surface area contributed by atoms with E-state index in [0.29, 0.717) is 0 Å². The lowest BCUT2D eigenvalue weighted by molar-refractivity contribution is -0.132. The summed E-state index contributed by atoms with van der Waals surface area (Å²) >= 11 is 0. The topological polar surface area (TPSA) is 66.4 Å². The van der Waals surface area contributed by atoms with Crippen LogP contribution in [0, 0.1) is 0 Å². The van der Waals surface area contributed by atoms with Crippen LogP contribution in [0.3, 0.4) is 0 Å². The summed E-state index contributed by atoms with van der Waals surface area (Å²) < 4.78 is 0. The van der Waals surface area contributed by atoms with Crippen LogP contribution < -0.4 is 5.32 Å². The first-order chi connectivity index (χ1) is 4.72. The van der Waals surface area contributed by atoms with E-state index in [9.17, 15) is 9.59 Å². The van der Waals surface area contributed by atoms with E-state index >= 15 is 0 Å². The molecule has 0 saturated heterocycles. The Kier molecular flexibility index (Phi) is 1.72. The summed E-state index contributed by atoms with van der Waals surface area (Å²) in [5.41, 5.74) is -0.460. The van der Waals surface area contributed by atoms with Gasteiger partial charge in [0.1, 0.15) is 0 Å². The minimum atomic E-state index is -0.647. The van der Waals surface area contributed by atoms with E-state index in [0.717, 1.165) is 12.8 Å². The number of hydrogen-bond donors (Lipinski definition) is 2. The number of carbonyl (C=O) groups excluding carboxylic acids is 2. The Labute approximate surface area is 58.2 Å². The van der Waals surface area contributed by atoms with Crippen molar-refractivity contribution < 1.29 is 14.7 Å². The van der Waals surface area contributed by atoms with E-state index in [-0.39, 0.29) is 12.9 Å². The molecular formula is C6H9NO3. The molecule has 56 valence electrons. The monoisotopic (exact) mass is 143 g/mol. The van der Waals surface area contributed by atoms with Crippen molar-refractivity contribution in [1.29, 1.82) is 0 Å². The normalized spacial score (nSPS) is 19.7. The van der Waals surface area contributed by atoms with Gasteiger partial charge in [-0.2, -0.15) is 0 Å². The van der Waals surface area contributed by atoms with Crippen molar-refractivity contribution in [3.8, 4) is 0 Å². The van der Waals surface area contributed by atoms with E-state index in [2.05, 4.69) is 5.32 Å². The molecule has 0 aromatic carbocycles. The first-order valence-corrected chi connectivity index (χ1v) is 3.11. The summed E-state index contributed by atoms with van der Waals surface area (Å²) in [6, 6.07) is 0. The number of aldehydes is 1. The molecule has 1 amide bonds. The maximum atomic E-state index is 10.4. The van der Waals surface area contributed by atoms with Crippen molar-refractivity contribution in [2.24, 2.45) is 0 Å². The first kappa shape index (κ1) is 7.21. The fourth-order valence-electron chi connectivity index (χ4n) is 0.764. The van der Waals surface area contributed by atoms with Gasteiger partial charge in [0, 0.05) is 0 Å². The molecule has 1 aliphatic carbocycles. The zero-order valence-corrected chi connectivity index (χ0v) is 5.46. The fraction of sp³-hybridized carbons (Fsp3) is 0.667. The van der Waals surface area contributed by atoms with Crippen LogP contribution in [0.1, 0.15) is 12.8 Å². The molecule has 0 aromatic heterocycles. The Balaban J connectivity index is 2.37. The quantitative estimate of drug-likeness (QED) is 0.386. The van der Waals surface area contributed by atoms with Crippen LogP contribution in [-0.4, -0.2) is 29.4 Å². The lowest BCUT2D eigenvalue weighted by atomic mass is 10.3. The minimum Gasteiger partial charge on any atom is -0.394 e. The molecule has 0 radical (unpaired) electrons. The zero-order chi connectivity index (χ0) is 7.61. The van der Waals surface area contributed by atoms with Crippen LogP contribution >= 0.6 is 0 Å². The van der Waals surface area contributed by atoms with Crippen molar-refractivity contribution in [2.45, 2.75) is 18.4 Å². The highest BCUT2D eigenvalue weighted by atomic mass is 16.3. The maximum absolute atomic E-state index is 10.4. The predicted molar refractivity (Wildman–Crippen MR) is 33.3 cm³/mol. The summed E-state index contributed by atoms with van der Waals surface area (Å²) in [6.45, 7) is -0.0768. The third-order valence-corrected chi connectivity index (χ3v) is 1.65. The fourth-order valence-corrected chi connectivity index (χ4v) is 0.764. The number of aliphatic hydroxyl groups excluding tert-OH is 1. The van der Waals surface area contributed by atoms with Gasteiger partial charge in [-0.15, -0.1) is 0 Å². The van der Waals surface area contributed by atoms with Crippen LogP contribution in [0.2, 0.25) is 0 Å². The molecular weight excluding hydrogens is 134 g/mol. The number of amides is 1. The molecule has 1 fully saturated rings. The summed E-state index contributed by atoms with van der Waals surface area (Å²) in [4.78, 5) is 20.3. The second-order valence-electron chi connectivity index (χ2n) is 2.55. The van der Waals surface area contributed by atoms with Crippen molar-refractivity contribution in [3.05, 3.63) is 0 Å². The average Bonchev–Trinajstić information content (AvgIpc) is 2.70. The minimum absolute atomic E-state index is 0.0768. The van der Waals surface area contributed by atoms with Crippen LogP contribution in [-0.2, 0) is 9.59 Å². The van der Waals surface area contributed by atoms with Gasteiger partial charge >= 0.3 is 0 Å². The largest absolute Gasteiger partial charge is 0.394 e. The number of carbonyl (C=O) groups is 2. The zero-order valence-electron chi connectivity index (χ0n) is 5.46. The number of rotatable bonds is 3. The highest BCUT2D eigenvalue weighted by Crippen LogP contribution is 2.34. The van der Waals surface area contributed by atoms with Crippen LogP contribution in [0.4, 0.5) is 0 Å². The molecule has 0 aromatic rings. The molecule has 0 aliphatic heterocycles. The van der Waals surface area contributed by atoms with Gasteiger partial charge in [0.05, 0.1) is 12.1 Å². The van der Waals surface area contributed by atoms with E-state index in [1.807, 2.05) is 0 Å². The Bertz CT molecular complexity index is 162. The van der Waals surface area contributed by atoms with Gasteiger partial charge < -0.3 is 10.4 Å². The molecule has 0 bridgehead atoms. The van der Waals surface area contributed by atoms with E-state index in [4.69, 9.17) is 5.11 Å². The molecule has 1 rings (SSSR count). The first-order valence-electron chi connectivity index (χ1n) is 3.11. The van der Waals surface area contributed by atoms with Gasteiger partial charge in [-0.3, -0.25) is 9.59 Å². The number of hydrogen-bond acceptors (Lipinski definition) is 3. The van der Waals surface area contributed by atoms with Crippen molar-refractivity contribution in [3.63, 3.8) is 0 Å². The Morgan fingerprint density at radius 1 is 1.70 bits per heavy atom. The van der Waals surface area contributed by atoms with Gasteiger partial charge in [0.2, 0.25) is 6.29 Å². The van der Waals surface area contributed by atoms with Crippen LogP contribution in [0.15, 0.2) is 0 Å². The molecule has 1 saturated carbocycles.